The fourth-order valence-electron chi connectivity index (χ4n) is 1.83. The SMILES string of the molecule is COc1ccc(Cn2c(C)cc(O)cc2=O)cc1. The van der Waals surface area contributed by atoms with Crippen molar-refractivity contribution in [1.29, 1.82) is 0 Å². The van der Waals surface area contributed by atoms with Gasteiger partial charge in [-0.05, 0) is 30.7 Å². The maximum absolute atomic E-state index is 11.8. The third-order valence-corrected chi connectivity index (χ3v) is 2.82. The molecule has 0 unspecified atom stereocenters. The lowest BCUT2D eigenvalue weighted by atomic mass is 10.2. The second-order valence-electron chi connectivity index (χ2n) is 4.13. The lowest BCUT2D eigenvalue weighted by Gasteiger charge is -2.10. The average molecular weight is 245 g/mol. The fourth-order valence-corrected chi connectivity index (χ4v) is 1.83. The van der Waals surface area contributed by atoms with Gasteiger partial charge in [0.1, 0.15) is 11.5 Å². The average Bonchev–Trinajstić information content (AvgIpc) is 2.34. The van der Waals surface area contributed by atoms with E-state index < -0.39 is 0 Å². The summed E-state index contributed by atoms with van der Waals surface area (Å²) in [4.78, 5) is 11.8. The van der Waals surface area contributed by atoms with E-state index in [1.165, 1.54) is 6.07 Å². The number of hydrogen-bond donors (Lipinski definition) is 1. The summed E-state index contributed by atoms with van der Waals surface area (Å²) >= 11 is 0. The smallest absolute Gasteiger partial charge is 0.254 e. The van der Waals surface area contributed by atoms with Crippen LogP contribution in [0.5, 0.6) is 11.5 Å². The predicted molar refractivity (Wildman–Crippen MR) is 69.2 cm³/mol. The third kappa shape index (κ3) is 2.53. The van der Waals surface area contributed by atoms with Crippen molar-refractivity contribution in [3.63, 3.8) is 0 Å². The van der Waals surface area contributed by atoms with Gasteiger partial charge in [0.2, 0.25) is 0 Å². The van der Waals surface area contributed by atoms with E-state index in [0.717, 1.165) is 17.0 Å². The molecule has 1 aromatic heterocycles. The predicted octanol–water partition coefficient (Wildman–Crippen LogP) is 1.92. The monoisotopic (exact) mass is 245 g/mol. The molecular weight excluding hydrogens is 230 g/mol. The highest BCUT2D eigenvalue weighted by Crippen LogP contribution is 2.13. The Bertz CT molecular complexity index is 599. The normalized spacial score (nSPS) is 10.3. The van der Waals surface area contributed by atoms with E-state index >= 15 is 0 Å². The van der Waals surface area contributed by atoms with Crippen molar-refractivity contribution in [3.8, 4) is 11.5 Å². The lowest BCUT2D eigenvalue weighted by Crippen LogP contribution is -2.21. The molecule has 4 heteroatoms. The molecule has 18 heavy (non-hydrogen) atoms. The molecule has 0 bridgehead atoms. The van der Waals surface area contributed by atoms with E-state index in [1.807, 2.05) is 24.3 Å². The van der Waals surface area contributed by atoms with E-state index in [9.17, 15) is 9.90 Å². The Kier molecular flexibility index (Phi) is 3.37. The van der Waals surface area contributed by atoms with Crippen LogP contribution < -0.4 is 10.3 Å². The third-order valence-electron chi connectivity index (χ3n) is 2.82. The standard InChI is InChI=1S/C14H15NO3/c1-10-7-12(16)8-14(17)15(10)9-11-3-5-13(18-2)6-4-11/h3-8,16H,9H2,1-2H3. The Hall–Kier alpha value is -2.23. The molecule has 0 saturated carbocycles. The summed E-state index contributed by atoms with van der Waals surface area (Å²) in [7, 11) is 1.61. The van der Waals surface area contributed by atoms with Crippen molar-refractivity contribution in [3.05, 3.63) is 58.0 Å². The minimum absolute atomic E-state index is 0.00322. The van der Waals surface area contributed by atoms with Crippen LogP contribution in [0.2, 0.25) is 0 Å². The van der Waals surface area contributed by atoms with Crippen LogP contribution in [0.3, 0.4) is 0 Å². The van der Waals surface area contributed by atoms with Crippen LogP contribution in [-0.4, -0.2) is 16.8 Å². The van der Waals surface area contributed by atoms with Crippen LogP contribution >= 0.6 is 0 Å². The summed E-state index contributed by atoms with van der Waals surface area (Å²) in [5, 5.41) is 9.32. The molecule has 2 rings (SSSR count). The molecule has 0 aliphatic carbocycles. The molecule has 0 amide bonds. The minimum atomic E-state index is -0.205. The Morgan fingerprint density at radius 1 is 1.22 bits per heavy atom. The van der Waals surface area contributed by atoms with Crippen LogP contribution in [0.1, 0.15) is 11.3 Å². The van der Waals surface area contributed by atoms with E-state index in [-0.39, 0.29) is 11.3 Å². The summed E-state index contributed by atoms with van der Waals surface area (Å²) < 4.78 is 6.69. The number of aromatic nitrogens is 1. The molecule has 0 saturated heterocycles. The summed E-state index contributed by atoms with van der Waals surface area (Å²) in [6.45, 7) is 2.28. The zero-order valence-electron chi connectivity index (χ0n) is 10.4. The molecule has 0 atom stereocenters. The summed E-state index contributed by atoms with van der Waals surface area (Å²) in [5.41, 5.74) is 1.53. The van der Waals surface area contributed by atoms with E-state index in [2.05, 4.69) is 0 Å². The van der Waals surface area contributed by atoms with Gasteiger partial charge in [-0.15, -0.1) is 0 Å². The number of nitrogens with zero attached hydrogens (tertiary/aromatic N) is 1. The molecule has 1 aromatic carbocycles. The lowest BCUT2D eigenvalue weighted by molar-refractivity contribution is 0.414. The fraction of sp³-hybridized carbons (Fsp3) is 0.214. The van der Waals surface area contributed by atoms with Gasteiger partial charge >= 0.3 is 0 Å². The molecule has 0 radical (unpaired) electrons. The van der Waals surface area contributed by atoms with Crippen molar-refractivity contribution in [2.45, 2.75) is 13.5 Å². The van der Waals surface area contributed by atoms with Gasteiger partial charge in [0.15, 0.2) is 0 Å². The number of rotatable bonds is 3. The van der Waals surface area contributed by atoms with Crippen molar-refractivity contribution in [2.75, 3.05) is 7.11 Å². The van der Waals surface area contributed by atoms with Gasteiger partial charge in [-0.3, -0.25) is 4.79 Å². The first kappa shape index (κ1) is 12.2. The van der Waals surface area contributed by atoms with E-state index in [4.69, 9.17) is 4.74 Å². The van der Waals surface area contributed by atoms with Crippen molar-refractivity contribution in [1.82, 2.24) is 4.57 Å². The summed E-state index contributed by atoms with van der Waals surface area (Å²) in [6.07, 6.45) is 0. The quantitative estimate of drug-likeness (QED) is 0.898. The van der Waals surface area contributed by atoms with Crippen molar-refractivity contribution >= 4 is 0 Å². The first-order chi connectivity index (χ1) is 8.60. The Morgan fingerprint density at radius 3 is 2.44 bits per heavy atom. The second kappa shape index (κ2) is 4.96. The Labute approximate surface area is 105 Å². The van der Waals surface area contributed by atoms with Crippen molar-refractivity contribution in [2.24, 2.45) is 0 Å². The number of hydrogen-bond acceptors (Lipinski definition) is 3. The highest BCUT2D eigenvalue weighted by molar-refractivity contribution is 5.28. The summed E-state index contributed by atoms with van der Waals surface area (Å²) in [6, 6.07) is 10.3. The number of ether oxygens (including phenoxy) is 1. The number of benzene rings is 1. The molecular formula is C14H15NO3. The van der Waals surface area contributed by atoms with Crippen molar-refractivity contribution < 1.29 is 9.84 Å². The van der Waals surface area contributed by atoms with Crippen LogP contribution in [0.15, 0.2) is 41.2 Å². The van der Waals surface area contributed by atoms with Gasteiger partial charge in [-0.2, -0.15) is 0 Å². The van der Waals surface area contributed by atoms with Crippen LogP contribution in [0, 0.1) is 6.92 Å². The molecule has 0 spiro atoms. The highest BCUT2D eigenvalue weighted by atomic mass is 16.5. The summed E-state index contributed by atoms with van der Waals surface area (Å²) in [5.74, 6) is 0.789. The highest BCUT2D eigenvalue weighted by Gasteiger charge is 2.04. The molecule has 4 nitrogen and oxygen atoms in total. The number of aryl methyl sites for hydroxylation is 1. The molecule has 0 aliphatic heterocycles. The zero-order valence-corrected chi connectivity index (χ0v) is 10.4. The van der Waals surface area contributed by atoms with Gasteiger partial charge in [0.05, 0.1) is 13.7 Å². The van der Waals surface area contributed by atoms with Crippen LogP contribution in [0.25, 0.3) is 0 Å². The molecule has 94 valence electrons. The van der Waals surface area contributed by atoms with Crippen LogP contribution in [0.4, 0.5) is 0 Å². The molecule has 1 heterocycles. The first-order valence-corrected chi connectivity index (χ1v) is 5.63. The van der Waals surface area contributed by atoms with Gasteiger partial charge in [0, 0.05) is 11.8 Å². The molecule has 0 fully saturated rings. The van der Waals surface area contributed by atoms with Gasteiger partial charge in [-0.1, -0.05) is 12.1 Å². The number of aromatic hydroxyl groups is 1. The Morgan fingerprint density at radius 2 is 1.89 bits per heavy atom. The maximum atomic E-state index is 11.8. The van der Waals surface area contributed by atoms with E-state index in [0.29, 0.717) is 6.54 Å². The topological polar surface area (TPSA) is 51.5 Å². The van der Waals surface area contributed by atoms with Gasteiger partial charge in [-0.25, -0.2) is 0 Å². The minimum Gasteiger partial charge on any atom is -0.508 e. The first-order valence-electron chi connectivity index (χ1n) is 5.63. The molecule has 2 aromatic rings. The maximum Gasteiger partial charge on any atom is 0.254 e. The largest absolute Gasteiger partial charge is 0.508 e. The second-order valence-corrected chi connectivity index (χ2v) is 4.13. The van der Waals surface area contributed by atoms with Gasteiger partial charge < -0.3 is 14.4 Å². The van der Waals surface area contributed by atoms with Crippen LogP contribution in [-0.2, 0) is 6.54 Å². The Balaban J connectivity index is 2.31. The number of pyridine rings is 1. The molecule has 0 aliphatic rings. The number of methoxy groups -OCH3 is 1. The zero-order chi connectivity index (χ0) is 13.1. The molecule has 1 N–H and O–H groups in total. The van der Waals surface area contributed by atoms with E-state index in [1.54, 1.807) is 24.7 Å². The van der Waals surface area contributed by atoms with Gasteiger partial charge in [0.25, 0.3) is 5.56 Å².